The number of pyridine rings is 1. The van der Waals surface area contributed by atoms with Crippen molar-refractivity contribution in [3.05, 3.63) is 66.4 Å². The van der Waals surface area contributed by atoms with Gasteiger partial charge in [-0.2, -0.15) is 5.10 Å². The number of carboxylic acid groups (broad SMARTS) is 1. The molecule has 0 aliphatic carbocycles. The first-order chi connectivity index (χ1) is 12.8. The van der Waals surface area contributed by atoms with Crippen LogP contribution in [0.1, 0.15) is 5.69 Å². The summed E-state index contributed by atoms with van der Waals surface area (Å²) in [6.07, 6.45) is 1.41. The number of rotatable bonds is 5. The normalized spacial score (nSPS) is 11.3. The summed E-state index contributed by atoms with van der Waals surface area (Å²) >= 11 is 0. The van der Waals surface area contributed by atoms with Crippen molar-refractivity contribution < 1.29 is 22.7 Å². The Balaban J connectivity index is 2.18. The zero-order valence-electron chi connectivity index (χ0n) is 14.2. The maximum absolute atomic E-state index is 14.3. The van der Waals surface area contributed by atoms with Crippen LogP contribution in [0.5, 0.6) is 0 Å². The third-order valence-electron chi connectivity index (χ3n) is 3.75. The van der Waals surface area contributed by atoms with Gasteiger partial charge in [-0.25, -0.2) is 22.3 Å². The van der Waals surface area contributed by atoms with E-state index in [1.807, 2.05) is 0 Å². The first-order valence-electron chi connectivity index (χ1n) is 7.73. The number of amides is 1. The highest BCUT2D eigenvalue weighted by atomic mass is 32.2. The van der Waals surface area contributed by atoms with E-state index < -0.39 is 21.7 Å². The first-order valence-corrected chi connectivity index (χ1v) is 9.22. The SMILES string of the molecule is CN(Cc1cc(S(=O)(=O)c2cccnc2)n(-c2ccccc2F)n1)C(=O)O. The standard InChI is InChI=1S/C17H15FN4O4S/c1-21(17(23)24)11-12-9-16(27(25,26)13-5-4-8-19-10-13)22(20-12)15-7-3-2-6-14(15)18/h2-10H,11H2,1H3,(H,23,24). The van der Waals surface area contributed by atoms with E-state index in [0.29, 0.717) is 0 Å². The van der Waals surface area contributed by atoms with Crippen molar-refractivity contribution in [1.29, 1.82) is 0 Å². The van der Waals surface area contributed by atoms with Crippen LogP contribution in [0.4, 0.5) is 9.18 Å². The second kappa shape index (κ2) is 7.16. The highest BCUT2D eigenvalue weighted by Gasteiger charge is 2.26. The van der Waals surface area contributed by atoms with Crippen LogP contribution in [0.15, 0.2) is 64.8 Å². The van der Waals surface area contributed by atoms with Gasteiger partial charge in [0.25, 0.3) is 0 Å². The Bertz CT molecular complexity index is 1080. The molecule has 0 saturated carbocycles. The van der Waals surface area contributed by atoms with Crippen molar-refractivity contribution in [2.45, 2.75) is 16.5 Å². The molecule has 0 radical (unpaired) electrons. The summed E-state index contributed by atoms with van der Waals surface area (Å²) in [5.74, 6) is -0.665. The van der Waals surface area contributed by atoms with E-state index >= 15 is 0 Å². The fourth-order valence-electron chi connectivity index (χ4n) is 2.41. The lowest BCUT2D eigenvalue weighted by Crippen LogP contribution is -2.24. The van der Waals surface area contributed by atoms with Gasteiger partial charge in [0.1, 0.15) is 11.5 Å². The van der Waals surface area contributed by atoms with E-state index in [1.54, 1.807) is 6.07 Å². The molecule has 0 atom stereocenters. The maximum atomic E-state index is 14.3. The number of halogens is 1. The lowest BCUT2D eigenvalue weighted by molar-refractivity contribution is 0.153. The molecular formula is C17H15FN4O4S. The molecule has 3 rings (SSSR count). The van der Waals surface area contributed by atoms with E-state index in [2.05, 4.69) is 10.1 Å². The van der Waals surface area contributed by atoms with Crippen molar-refractivity contribution in [2.24, 2.45) is 0 Å². The molecule has 0 aliphatic rings. The monoisotopic (exact) mass is 390 g/mol. The van der Waals surface area contributed by atoms with Crippen molar-refractivity contribution in [3.8, 4) is 5.69 Å². The third kappa shape index (κ3) is 3.65. The molecule has 0 spiro atoms. The number of carbonyl (C=O) groups is 1. The minimum atomic E-state index is -4.06. The molecule has 140 valence electrons. The predicted molar refractivity (Wildman–Crippen MR) is 92.7 cm³/mol. The Morgan fingerprint density at radius 1 is 1.26 bits per heavy atom. The summed E-state index contributed by atoms with van der Waals surface area (Å²) in [5, 5.41) is 12.9. The summed E-state index contributed by atoms with van der Waals surface area (Å²) in [6, 6.07) is 9.64. The van der Waals surface area contributed by atoms with Crippen LogP contribution in [0, 0.1) is 5.82 Å². The largest absolute Gasteiger partial charge is 0.465 e. The average molecular weight is 390 g/mol. The van der Waals surface area contributed by atoms with Crippen LogP contribution in [0.2, 0.25) is 0 Å². The van der Waals surface area contributed by atoms with E-state index in [9.17, 15) is 17.6 Å². The fraction of sp³-hybridized carbons (Fsp3) is 0.118. The molecule has 0 aliphatic heterocycles. The van der Waals surface area contributed by atoms with Crippen molar-refractivity contribution in [2.75, 3.05) is 7.05 Å². The number of para-hydroxylation sites is 1. The van der Waals surface area contributed by atoms with E-state index in [4.69, 9.17) is 5.11 Å². The van der Waals surface area contributed by atoms with Crippen molar-refractivity contribution in [1.82, 2.24) is 19.7 Å². The Hall–Kier alpha value is -3.27. The van der Waals surface area contributed by atoms with Crippen LogP contribution >= 0.6 is 0 Å². The Kier molecular flexibility index (Phi) is 4.91. The van der Waals surface area contributed by atoms with Gasteiger partial charge in [0.2, 0.25) is 9.84 Å². The molecule has 1 aromatic carbocycles. The Labute approximate surface area is 154 Å². The highest BCUT2D eigenvalue weighted by Crippen LogP contribution is 2.25. The van der Waals surface area contributed by atoms with Crippen molar-refractivity contribution in [3.63, 3.8) is 0 Å². The maximum Gasteiger partial charge on any atom is 0.407 e. The molecule has 8 nitrogen and oxygen atoms in total. The molecule has 1 amide bonds. The lowest BCUT2D eigenvalue weighted by atomic mass is 10.3. The second-order valence-electron chi connectivity index (χ2n) is 5.67. The average Bonchev–Trinajstić information content (AvgIpc) is 3.07. The minimum absolute atomic E-state index is 0.0656. The van der Waals surface area contributed by atoms with Gasteiger partial charge in [-0.15, -0.1) is 0 Å². The molecule has 0 unspecified atom stereocenters. The molecule has 0 saturated heterocycles. The van der Waals surface area contributed by atoms with Crippen LogP contribution in [-0.4, -0.2) is 46.3 Å². The zero-order valence-corrected chi connectivity index (χ0v) is 15.0. The number of nitrogens with zero attached hydrogens (tertiary/aromatic N) is 4. The van der Waals surface area contributed by atoms with Gasteiger partial charge in [0.05, 0.1) is 17.1 Å². The van der Waals surface area contributed by atoms with Gasteiger partial charge in [0, 0.05) is 25.5 Å². The smallest absolute Gasteiger partial charge is 0.407 e. The van der Waals surface area contributed by atoms with Gasteiger partial charge in [-0.1, -0.05) is 12.1 Å². The summed E-state index contributed by atoms with van der Waals surface area (Å²) in [7, 11) is -2.75. The molecule has 1 N–H and O–H groups in total. The topological polar surface area (TPSA) is 105 Å². The first kappa shape index (κ1) is 18.5. The van der Waals surface area contributed by atoms with E-state index in [0.717, 1.165) is 9.58 Å². The Morgan fingerprint density at radius 3 is 2.63 bits per heavy atom. The molecule has 0 fully saturated rings. The van der Waals surface area contributed by atoms with E-state index in [-0.39, 0.29) is 27.8 Å². The molecule has 27 heavy (non-hydrogen) atoms. The van der Waals surface area contributed by atoms with Gasteiger partial charge in [-0.05, 0) is 24.3 Å². The molecule has 10 heteroatoms. The molecular weight excluding hydrogens is 375 g/mol. The van der Waals surface area contributed by atoms with Gasteiger partial charge in [0.15, 0.2) is 5.03 Å². The molecule has 2 heterocycles. The number of sulfone groups is 1. The lowest BCUT2D eigenvalue weighted by Gasteiger charge is -2.10. The number of hydrogen-bond donors (Lipinski definition) is 1. The number of hydrogen-bond acceptors (Lipinski definition) is 5. The van der Waals surface area contributed by atoms with Gasteiger partial charge >= 0.3 is 6.09 Å². The third-order valence-corrected chi connectivity index (χ3v) is 5.46. The van der Waals surface area contributed by atoms with Crippen molar-refractivity contribution >= 4 is 15.9 Å². The van der Waals surface area contributed by atoms with Crippen LogP contribution in [-0.2, 0) is 16.4 Å². The van der Waals surface area contributed by atoms with Crippen LogP contribution < -0.4 is 0 Å². The van der Waals surface area contributed by atoms with Crippen LogP contribution in [0.25, 0.3) is 5.69 Å². The fourth-order valence-corrected chi connectivity index (χ4v) is 3.77. The zero-order chi connectivity index (χ0) is 19.6. The second-order valence-corrected chi connectivity index (χ2v) is 7.56. The summed E-state index contributed by atoms with van der Waals surface area (Å²) in [6.45, 7) is -0.160. The Morgan fingerprint density at radius 2 is 2.00 bits per heavy atom. The van der Waals surface area contributed by atoms with E-state index in [1.165, 1.54) is 55.8 Å². The predicted octanol–water partition coefficient (Wildman–Crippen LogP) is 2.35. The van der Waals surface area contributed by atoms with Crippen LogP contribution in [0.3, 0.4) is 0 Å². The quantitative estimate of drug-likeness (QED) is 0.717. The molecule has 2 aromatic heterocycles. The van der Waals surface area contributed by atoms with Gasteiger partial charge in [-0.3, -0.25) is 4.98 Å². The molecule has 0 bridgehead atoms. The summed E-state index contributed by atoms with van der Waals surface area (Å²) in [4.78, 5) is 15.7. The number of aromatic nitrogens is 3. The molecule has 3 aromatic rings. The number of benzene rings is 1. The summed E-state index contributed by atoms with van der Waals surface area (Å²) < 4.78 is 41.3. The highest BCUT2D eigenvalue weighted by molar-refractivity contribution is 7.91. The van der Waals surface area contributed by atoms with Gasteiger partial charge < -0.3 is 10.0 Å². The summed E-state index contributed by atoms with van der Waals surface area (Å²) in [5.41, 5.74) is 0.0924. The minimum Gasteiger partial charge on any atom is -0.465 e.